The lowest BCUT2D eigenvalue weighted by Gasteiger charge is -2.26. The summed E-state index contributed by atoms with van der Waals surface area (Å²) in [4.78, 5) is 16.1. The van der Waals surface area contributed by atoms with Crippen LogP contribution in [0.1, 0.15) is 29.3 Å². The van der Waals surface area contributed by atoms with Crippen molar-refractivity contribution in [2.45, 2.75) is 18.9 Å². The molecule has 2 heterocycles. The van der Waals surface area contributed by atoms with Crippen molar-refractivity contribution in [2.24, 2.45) is 0 Å². The van der Waals surface area contributed by atoms with Gasteiger partial charge in [0, 0.05) is 17.5 Å². The van der Waals surface area contributed by atoms with Crippen LogP contribution in [0.25, 0.3) is 6.08 Å². The van der Waals surface area contributed by atoms with Gasteiger partial charge in [-0.05, 0) is 61.1 Å². The van der Waals surface area contributed by atoms with Crippen LogP contribution in [0.4, 0.5) is 0 Å². The van der Waals surface area contributed by atoms with E-state index in [1.165, 1.54) is 17.7 Å². The minimum Gasteiger partial charge on any atom is -0.493 e. The Labute approximate surface area is 164 Å². The molecule has 6 heteroatoms. The first-order valence-corrected chi connectivity index (χ1v) is 10.0. The summed E-state index contributed by atoms with van der Waals surface area (Å²) < 4.78 is 10.5. The second-order valence-electron chi connectivity index (χ2n) is 6.47. The van der Waals surface area contributed by atoms with Crippen LogP contribution in [0, 0.1) is 0 Å². The van der Waals surface area contributed by atoms with E-state index in [4.69, 9.17) is 9.47 Å². The number of rotatable bonds is 8. The van der Waals surface area contributed by atoms with Crippen LogP contribution in [-0.2, 0) is 4.79 Å². The van der Waals surface area contributed by atoms with Gasteiger partial charge in [-0.15, -0.1) is 11.3 Å². The van der Waals surface area contributed by atoms with Gasteiger partial charge in [-0.2, -0.15) is 0 Å². The van der Waals surface area contributed by atoms with E-state index < -0.39 is 0 Å². The van der Waals surface area contributed by atoms with Crippen molar-refractivity contribution in [3.8, 4) is 11.5 Å². The Morgan fingerprint density at radius 2 is 2.00 bits per heavy atom. The van der Waals surface area contributed by atoms with Crippen molar-refractivity contribution in [3.63, 3.8) is 0 Å². The molecule has 5 nitrogen and oxygen atoms in total. The molecule has 1 aromatic carbocycles. The molecule has 1 fully saturated rings. The second-order valence-corrected chi connectivity index (χ2v) is 7.45. The highest BCUT2D eigenvalue weighted by Gasteiger charge is 2.24. The number of hydrogen-bond donors (Lipinski definition) is 1. The predicted octanol–water partition coefficient (Wildman–Crippen LogP) is 3.73. The summed E-state index contributed by atoms with van der Waals surface area (Å²) >= 11 is 1.75. The third-order valence-corrected chi connectivity index (χ3v) is 5.73. The van der Waals surface area contributed by atoms with Gasteiger partial charge in [-0.3, -0.25) is 9.69 Å². The Bertz CT molecular complexity index is 768. The van der Waals surface area contributed by atoms with Crippen molar-refractivity contribution < 1.29 is 14.3 Å². The third-order valence-electron chi connectivity index (χ3n) is 4.76. The second kappa shape index (κ2) is 9.58. The molecule has 1 aromatic heterocycles. The predicted molar refractivity (Wildman–Crippen MR) is 109 cm³/mol. The quantitative estimate of drug-likeness (QED) is 0.703. The van der Waals surface area contributed by atoms with Crippen LogP contribution >= 0.6 is 11.3 Å². The molecule has 1 saturated heterocycles. The van der Waals surface area contributed by atoms with Crippen molar-refractivity contribution in [1.29, 1.82) is 0 Å². The van der Waals surface area contributed by atoms with E-state index in [-0.39, 0.29) is 11.9 Å². The summed E-state index contributed by atoms with van der Waals surface area (Å²) in [6.45, 7) is 2.81. The summed E-state index contributed by atoms with van der Waals surface area (Å²) in [5.74, 6) is 1.22. The molecule has 27 heavy (non-hydrogen) atoms. The van der Waals surface area contributed by atoms with E-state index in [0.29, 0.717) is 18.0 Å². The number of hydrogen-bond acceptors (Lipinski definition) is 5. The van der Waals surface area contributed by atoms with E-state index >= 15 is 0 Å². The van der Waals surface area contributed by atoms with Gasteiger partial charge in [0.15, 0.2) is 11.5 Å². The maximum absolute atomic E-state index is 12.3. The monoisotopic (exact) mass is 386 g/mol. The zero-order chi connectivity index (χ0) is 19.1. The average molecular weight is 387 g/mol. The number of nitrogens with one attached hydrogen (secondary N) is 1. The molecule has 1 aliphatic heterocycles. The lowest BCUT2D eigenvalue weighted by Crippen LogP contribution is -2.35. The lowest BCUT2D eigenvalue weighted by molar-refractivity contribution is -0.116. The summed E-state index contributed by atoms with van der Waals surface area (Å²) in [7, 11) is 3.20. The molecule has 1 N–H and O–H groups in total. The average Bonchev–Trinajstić information content (AvgIpc) is 3.41. The first-order chi connectivity index (χ1) is 13.2. The Morgan fingerprint density at radius 1 is 1.22 bits per heavy atom. The number of amides is 1. The van der Waals surface area contributed by atoms with Crippen LogP contribution in [0.2, 0.25) is 0 Å². The van der Waals surface area contributed by atoms with E-state index in [2.05, 4.69) is 27.7 Å². The minimum atomic E-state index is -0.0921. The maximum atomic E-state index is 12.3. The lowest BCUT2D eigenvalue weighted by atomic mass is 10.2. The van der Waals surface area contributed by atoms with Crippen LogP contribution < -0.4 is 14.8 Å². The van der Waals surface area contributed by atoms with Crippen molar-refractivity contribution >= 4 is 23.3 Å². The van der Waals surface area contributed by atoms with Crippen LogP contribution in [0.3, 0.4) is 0 Å². The molecule has 0 bridgehead atoms. The topological polar surface area (TPSA) is 50.8 Å². The molecule has 1 unspecified atom stereocenters. The first-order valence-electron chi connectivity index (χ1n) is 9.16. The largest absolute Gasteiger partial charge is 0.493 e. The number of likely N-dealkylation sites (tertiary alicyclic amines) is 1. The number of ether oxygens (including phenoxy) is 2. The summed E-state index contributed by atoms with van der Waals surface area (Å²) in [6, 6.07) is 10.0. The normalized spacial score (nSPS) is 15.8. The van der Waals surface area contributed by atoms with Crippen LogP contribution in [0.5, 0.6) is 11.5 Å². The fourth-order valence-corrected chi connectivity index (χ4v) is 4.19. The molecule has 1 amide bonds. The molecule has 3 rings (SSSR count). The van der Waals surface area contributed by atoms with E-state index in [1.54, 1.807) is 37.7 Å². The molecule has 0 spiro atoms. The van der Waals surface area contributed by atoms with E-state index in [0.717, 1.165) is 18.7 Å². The molecular weight excluding hydrogens is 360 g/mol. The van der Waals surface area contributed by atoms with Crippen molar-refractivity contribution in [3.05, 3.63) is 52.2 Å². The van der Waals surface area contributed by atoms with E-state index in [1.807, 2.05) is 18.2 Å². The van der Waals surface area contributed by atoms with Crippen LogP contribution in [-0.4, -0.2) is 44.7 Å². The van der Waals surface area contributed by atoms with E-state index in [9.17, 15) is 4.79 Å². The molecule has 2 aromatic rings. The van der Waals surface area contributed by atoms with Gasteiger partial charge in [0.05, 0.1) is 20.3 Å². The van der Waals surface area contributed by atoms with Crippen LogP contribution in [0.15, 0.2) is 41.8 Å². The number of thiophene rings is 1. The standard InChI is InChI=1S/C21H26N2O3S/c1-25-18-9-7-16(14-19(18)26-2)8-10-21(24)22-15-17(20-6-5-13-27-20)23-11-3-4-12-23/h5-10,13-14,17H,3-4,11-12,15H2,1-2H3,(H,22,24)/b10-8+. The highest BCUT2D eigenvalue weighted by Crippen LogP contribution is 2.29. The Balaban J connectivity index is 1.60. The SMILES string of the molecule is COc1ccc(/C=C/C(=O)NCC(c2cccs2)N2CCCC2)cc1OC. The Hall–Kier alpha value is -2.31. The maximum Gasteiger partial charge on any atom is 0.244 e. The number of nitrogens with zero attached hydrogens (tertiary/aromatic N) is 1. The zero-order valence-corrected chi connectivity index (χ0v) is 16.6. The van der Waals surface area contributed by atoms with Gasteiger partial charge in [-0.25, -0.2) is 0 Å². The molecule has 0 aliphatic carbocycles. The number of carbonyl (C=O) groups excluding carboxylic acids is 1. The van der Waals surface area contributed by atoms with Crippen molar-refractivity contribution in [1.82, 2.24) is 10.2 Å². The van der Waals surface area contributed by atoms with Gasteiger partial charge >= 0.3 is 0 Å². The third kappa shape index (κ3) is 5.11. The highest BCUT2D eigenvalue weighted by atomic mass is 32.1. The summed E-state index contributed by atoms with van der Waals surface area (Å²) in [6.07, 6.45) is 5.81. The highest BCUT2D eigenvalue weighted by molar-refractivity contribution is 7.10. The van der Waals surface area contributed by atoms with Gasteiger partial charge in [-0.1, -0.05) is 12.1 Å². The number of carbonyl (C=O) groups is 1. The molecule has 144 valence electrons. The number of benzene rings is 1. The van der Waals surface area contributed by atoms with Gasteiger partial charge < -0.3 is 14.8 Å². The molecule has 0 saturated carbocycles. The molecule has 0 radical (unpaired) electrons. The zero-order valence-electron chi connectivity index (χ0n) is 15.8. The Kier molecular flexibility index (Phi) is 6.90. The number of methoxy groups -OCH3 is 2. The molecule has 1 atom stereocenters. The summed E-state index contributed by atoms with van der Waals surface area (Å²) in [5, 5.41) is 5.15. The van der Waals surface area contributed by atoms with Gasteiger partial charge in [0.1, 0.15) is 0 Å². The molecular formula is C21H26N2O3S. The van der Waals surface area contributed by atoms with Gasteiger partial charge in [0.25, 0.3) is 0 Å². The van der Waals surface area contributed by atoms with Gasteiger partial charge in [0.2, 0.25) is 5.91 Å². The summed E-state index contributed by atoms with van der Waals surface area (Å²) in [5.41, 5.74) is 0.886. The smallest absolute Gasteiger partial charge is 0.244 e. The molecule has 1 aliphatic rings. The fourth-order valence-electron chi connectivity index (χ4n) is 3.33. The Morgan fingerprint density at radius 3 is 2.67 bits per heavy atom. The van der Waals surface area contributed by atoms with Crippen molar-refractivity contribution in [2.75, 3.05) is 33.9 Å². The fraction of sp³-hybridized carbons (Fsp3) is 0.381. The first kappa shape index (κ1) is 19.5. The minimum absolute atomic E-state index is 0.0921.